The predicted octanol–water partition coefficient (Wildman–Crippen LogP) is 3.08. The second-order valence-electron chi connectivity index (χ2n) is 7.57. The lowest BCUT2D eigenvalue weighted by Crippen LogP contribution is -2.33. The van der Waals surface area contributed by atoms with Gasteiger partial charge in [-0.15, -0.1) is 11.3 Å². The molecular weight excluding hydrogens is 436 g/mol. The lowest BCUT2D eigenvalue weighted by atomic mass is 10.1. The average Bonchev–Trinajstić information content (AvgIpc) is 3.34. The van der Waals surface area contributed by atoms with E-state index in [1.165, 1.54) is 0 Å². The number of methoxy groups -OCH3 is 1. The summed E-state index contributed by atoms with van der Waals surface area (Å²) in [6.45, 7) is 2.25. The van der Waals surface area contributed by atoms with Gasteiger partial charge in [0.2, 0.25) is 15.9 Å². The number of nitrogens with one attached hydrogen (secondary N) is 1. The number of benzene rings is 2. The summed E-state index contributed by atoms with van der Waals surface area (Å²) < 4.78 is 37.6. The number of hydrogen-bond acceptors (Lipinski definition) is 8. The first kappa shape index (κ1) is 20.1. The lowest BCUT2D eigenvalue weighted by Gasteiger charge is -2.10. The fraction of sp³-hybridized carbons (Fsp3) is 0.286. The second-order valence-corrected chi connectivity index (χ2v) is 10.4. The van der Waals surface area contributed by atoms with Crippen LogP contribution in [0, 0.1) is 6.92 Å². The number of thiazole rings is 1. The van der Waals surface area contributed by atoms with Crippen molar-refractivity contribution in [2.75, 3.05) is 19.9 Å². The van der Waals surface area contributed by atoms with Gasteiger partial charge in [-0.05, 0) is 36.8 Å². The molecule has 0 radical (unpaired) electrons. The molecule has 3 heterocycles. The highest BCUT2D eigenvalue weighted by molar-refractivity contribution is 7.88. The molecule has 31 heavy (non-hydrogen) atoms. The summed E-state index contributed by atoms with van der Waals surface area (Å²) in [7, 11) is -1.69. The van der Waals surface area contributed by atoms with Crippen LogP contribution in [0.3, 0.4) is 0 Å². The van der Waals surface area contributed by atoms with Crippen LogP contribution in [0.2, 0.25) is 0 Å². The first-order chi connectivity index (χ1) is 14.8. The fourth-order valence-electron chi connectivity index (χ4n) is 3.76. The van der Waals surface area contributed by atoms with E-state index in [1.54, 1.807) is 24.6 Å². The van der Waals surface area contributed by atoms with Gasteiger partial charge in [0.25, 0.3) is 0 Å². The van der Waals surface area contributed by atoms with E-state index in [1.807, 2.05) is 25.1 Å². The van der Waals surface area contributed by atoms with Gasteiger partial charge in [0.1, 0.15) is 16.9 Å². The van der Waals surface area contributed by atoms with E-state index >= 15 is 0 Å². The summed E-state index contributed by atoms with van der Waals surface area (Å²) in [6, 6.07) is 7.89. The maximum absolute atomic E-state index is 11.4. The monoisotopic (exact) mass is 456 g/mol. The minimum Gasteiger partial charge on any atom is -0.488 e. The molecule has 0 spiro atoms. The highest BCUT2D eigenvalue weighted by atomic mass is 32.2. The summed E-state index contributed by atoms with van der Waals surface area (Å²) in [5.41, 5.74) is 5.46. The average molecular weight is 457 g/mol. The van der Waals surface area contributed by atoms with E-state index in [0.717, 1.165) is 55.0 Å². The standard InChI is InChI=1S/C21H20N4O4S2/c1-11-6-14(19-16(7-11)24-18(28-2)10-22-19)21-25-15-4-5-17-13(20(15)30-21)8-12(29-17)9-23-31(3,26)27/h4-7,10,12,23H,8-9H2,1-3H3/t12-/m0/s1. The zero-order valence-corrected chi connectivity index (χ0v) is 18.8. The number of rotatable bonds is 5. The number of fused-ring (bicyclic) bond motifs is 4. The van der Waals surface area contributed by atoms with Crippen molar-refractivity contribution in [3.05, 3.63) is 41.6 Å². The summed E-state index contributed by atoms with van der Waals surface area (Å²) in [6.07, 6.45) is 3.15. The van der Waals surface area contributed by atoms with Crippen LogP contribution in [-0.4, -0.2) is 49.4 Å². The molecule has 5 rings (SSSR count). The number of aromatic nitrogens is 3. The summed E-state index contributed by atoms with van der Waals surface area (Å²) in [5, 5.41) is 0.856. The van der Waals surface area contributed by atoms with Crippen LogP contribution in [0.5, 0.6) is 11.6 Å². The molecule has 0 bridgehead atoms. The molecule has 4 aromatic rings. The van der Waals surface area contributed by atoms with Crippen LogP contribution < -0.4 is 14.2 Å². The molecule has 1 N–H and O–H groups in total. The normalized spacial score (nSPS) is 15.9. The first-order valence-electron chi connectivity index (χ1n) is 9.66. The number of aryl methyl sites for hydroxylation is 1. The Kier molecular flexibility index (Phi) is 4.80. The van der Waals surface area contributed by atoms with E-state index < -0.39 is 10.0 Å². The van der Waals surface area contributed by atoms with Gasteiger partial charge in [-0.2, -0.15) is 0 Å². The van der Waals surface area contributed by atoms with Gasteiger partial charge < -0.3 is 9.47 Å². The van der Waals surface area contributed by atoms with Crippen molar-refractivity contribution in [1.82, 2.24) is 19.7 Å². The topological polar surface area (TPSA) is 103 Å². The highest BCUT2D eigenvalue weighted by Crippen LogP contribution is 2.41. The van der Waals surface area contributed by atoms with Crippen molar-refractivity contribution in [3.63, 3.8) is 0 Å². The molecule has 2 aromatic heterocycles. The summed E-state index contributed by atoms with van der Waals surface area (Å²) in [5.74, 6) is 1.25. The van der Waals surface area contributed by atoms with Gasteiger partial charge in [-0.25, -0.2) is 28.1 Å². The third kappa shape index (κ3) is 3.82. The van der Waals surface area contributed by atoms with Gasteiger partial charge in [-0.3, -0.25) is 0 Å². The molecule has 0 unspecified atom stereocenters. The van der Waals surface area contributed by atoms with Crippen LogP contribution in [0.1, 0.15) is 11.1 Å². The van der Waals surface area contributed by atoms with Crippen LogP contribution in [0.4, 0.5) is 0 Å². The number of hydrogen-bond donors (Lipinski definition) is 1. The van der Waals surface area contributed by atoms with Crippen molar-refractivity contribution in [1.29, 1.82) is 0 Å². The number of nitrogens with zero attached hydrogens (tertiary/aromatic N) is 3. The summed E-state index contributed by atoms with van der Waals surface area (Å²) >= 11 is 1.59. The molecule has 0 saturated heterocycles. The highest BCUT2D eigenvalue weighted by Gasteiger charge is 2.27. The molecule has 0 amide bonds. The van der Waals surface area contributed by atoms with E-state index in [0.29, 0.717) is 12.3 Å². The Labute approximate surface area is 183 Å². The van der Waals surface area contributed by atoms with Crippen LogP contribution in [0.25, 0.3) is 31.8 Å². The molecular formula is C21H20N4O4S2. The van der Waals surface area contributed by atoms with Crippen molar-refractivity contribution >= 4 is 42.6 Å². The van der Waals surface area contributed by atoms with Crippen molar-refractivity contribution in [2.45, 2.75) is 19.4 Å². The first-order valence-corrected chi connectivity index (χ1v) is 12.4. The molecule has 8 nitrogen and oxygen atoms in total. The Morgan fingerprint density at radius 1 is 1.26 bits per heavy atom. The number of sulfonamides is 1. The molecule has 1 atom stereocenters. The molecule has 1 aliphatic heterocycles. The van der Waals surface area contributed by atoms with E-state index in [-0.39, 0.29) is 12.6 Å². The van der Waals surface area contributed by atoms with Gasteiger partial charge in [0, 0.05) is 24.1 Å². The Hall–Kier alpha value is -2.82. The molecule has 0 fully saturated rings. The molecule has 1 aliphatic rings. The minimum absolute atomic E-state index is 0.237. The van der Waals surface area contributed by atoms with Gasteiger partial charge in [-0.1, -0.05) is 0 Å². The minimum atomic E-state index is -3.26. The molecule has 0 saturated carbocycles. The Bertz CT molecular complexity index is 1430. The Morgan fingerprint density at radius 3 is 2.87 bits per heavy atom. The molecule has 160 valence electrons. The Balaban J connectivity index is 1.56. The zero-order valence-electron chi connectivity index (χ0n) is 17.2. The smallest absolute Gasteiger partial charge is 0.232 e. The third-order valence-electron chi connectivity index (χ3n) is 5.12. The molecule has 0 aliphatic carbocycles. The second kappa shape index (κ2) is 7.40. The van der Waals surface area contributed by atoms with Gasteiger partial charge in [0.05, 0.1) is 40.8 Å². The largest absolute Gasteiger partial charge is 0.488 e. The maximum atomic E-state index is 11.4. The zero-order chi connectivity index (χ0) is 21.8. The van der Waals surface area contributed by atoms with Crippen LogP contribution in [0.15, 0.2) is 30.5 Å². The van der Waals surface area contributed by atoms with Crippen LogP contribution >= 0.6 is 11.3 Å². The van der Waals surface area contributed by atoms with E-state index in [4.69, 9.17) is 14.5 Å². The Morgan fingerprint density at radius 2 is 2.10 bits per heavy atom. The third-order valence-corrected chi connectivity index (χ3v) is 6.98. The quantitative estimate of drug-likeness (QED) is 0.492. The molecule has 2 aromatic carbocycles. The van der Waals surface area contributed by atoms with E-state index in [9.17, 15) is 8.42 Å². The molecule has 10 heteroatoms. The van der Waals surface area contributed by atoms with Crippen molar-refractivity contribution < 1.29 is 17.9 Å². The SMILES string of the molecule is COc1cnc2c(-c3nc4ccc5c(c4s3)C[C@@H](CNS(C)(=O)=O)O5)cc(C)cc2n1. The predicted molar refractivity (Wildman–Crippen MR) is 120 cm³/mol. The summed E-state index contributed by atoms with van der Waals surface area (Å²) in [4.78, 5) is 13.9. The van der Waals surface area contributed by atoms with Crippen molar-refractivity contribution in [2.24, 2.45) is 0 Å². The van der Waals surface area contributed by atoms with Gasteiger partial charge in [0.15, 0.2) is 0 Å². The lowest BCUT2D eigenvalue weighted by molar-refractivity contribution is 0.236. The maximum Gasteiger partial charge on any atom is 0.232 e. The number of ether oxygens (including phenoxy) is 2. The fourth-order valence-corrected chi connectivity index (χ4v) is 5.38. The van der Waals surface area contributed by atoms with E-state index in [2.05, 4.69) is 20.8 Å². The van der Waals surface area contributed by atoms with Crippen molar-refractivity contribution in [3.8, 4) is 22.2 Å². The van der Waals surface area contributed by atoms with Gasteiger partial charge >= 0.3 is 0 Å². The van der Waals surface area contributed by atoms with Crippen LogP contribution in [-0.2, 0) is 16.4 Å².